The molecule has 0 atom stereocenters. The molecule has 1 aromatic carbocycles. The SMILES string of the molecule is O=[SH](=O)Cc1nc(-c2ccc(C(F)(F)F)cc2)nn1Cc1ccnc(C(F)(F)F)c1. The van der Waals surface area contributed by atoms with Gasteiger partial charge in [-0.05, 0) is 29.8 Å². The maximum absolute atomic E-state index is 12.8. The predicted octanol–water partition coefficient (Wildman–Crippen LogP) is 3.54. The minimum Gasteiger partial charge on any atom is -0.252 e. The van der Waals surface area contributed by atoms with Gasteiger partial charge in [0.15, 0.2) is 5.82 Å². The Kier molecular flexibility index (Phi) is 5.83. The van der Waals surface area contributed by atoms with Crippen molar-refractivity contribution in [1.29, 1.82) is 0 Å². The van der Waals surface area contributed by atoms with Crippen molar-refractivity contribution in [3.8, 4) is 11.4 Å². The molecule has 0 saturated carbocycles. The summed E-state index contributed by atoms with van der Waals surface area (Å²) < 4.78 is 100.0. The lowest BCUT2D eigenvalue weighted by molar-refractivity contribution is -0.141. The molecule has 0 saturated heterocycles. The molecular weight excluding hydrogens is 438 g/mol. The highest BCUT2D eigenvalue weighted by Crippen LogP contribution is 2.31. The van der Waals surface area contributed by atoms with E-state index in [9.17, 15) is 34.8 Å². The highest BCUT2D eigenvalue weighted by Gasteiger charge is 2.32. The molecule has 0 radical (unpaired) electrons. The molecule has 30 heavy (non-hydrogen) atoms. The van der Waals surface area contributed by atoms with Gasteiger partial charge >= 0.3 is 12.4 Å². The molecule has 0 aliphatic carbocycles. The molecule has 3 rings (SSSR count). The Morgan fingerprint density at radius 2 is 1.60 bits per heavy atom. The molecule has 0 aliphatic rings. The zero-order valence-corrected chi connectivity index (χ0v) is 15.7. The summed E-state index contributed by atoms with van der Waals surface area (Å²) in [7, 11) is -2.93. The Balaban J connectivity index is 1.96. The summed E-state index contributed by atoms with van der Waals surface area (Å²) >= 11 is 0. The van der Waals surface area contributed by atoms with Crippen LogP contribution in [0.2, 0.25) is 0 Å². The zero-order chi connectivity index (χ0) is 22.1. The van der Waals surface area contributed by atoms with Crippen molar-refractivity contribution < 1.29 is 34.8 Å². The van der Waals surface area contributed by atoms with E-state index in [2.05, 4.69) is 15.1 Å². The Labute approximate surface area is 167 Å². The third kappa shape index (κ3) is 5.14. The minimum atomic E-state index is -4.66. The standard InChI is InChI=1S/C17H12F6N4O2S/c18-16(19,20)12-3-1-11(2-4-12)15-25-14(9-30(28)29)27(26-15)8-10-5-6-24-13(7-10)17(21,22)23/h1-7,30H,8-9H2. The fraction of sp³-hybridized carbons (Fsp3) is 0.235. The van der Waals surface area contributed by atoms with Gasteiger partial charge in [-0.2, -0.15) is 31.4 Å². The number of nitrogens with zero attached hydrogens (tertiary/aromatic N) is 4. The fourth-order valence-electron chi connectivity index (χ4n) is 2.56. The van der Waals surface area contributed by atoms with Crippen LogP contribution in [0.15, 0.2) is 42.6 Å². The fourth-order valence-corrected chi connectivity index (χ4v) is 3.03. The lowest BCUT2D eigenvalue weighted by atomic mass is 10.1. The Bertz CT molecular complexity index is 1110. The summed E-state index contributed by atoms with van der Waals surface area (Å²) in [6, 6.07) is 5.98. The van der Waals surface area contributed by atoms with Crippen molar-refractivity contribution >= 4 is 10.7 Å². The van der Waals surface area contributed by atoms with Gasteiger partial charge in [0.05, 0.1) is 12.1 Å². The van der Waals surface area contributed by atoms with Gasteiger partial charge in [0.25, 0.3) is 0 Å². The first-order chi connectivity index (χ1) is 13.9. The van der Waals surface area contributed by atoms with E-state index in [1.165, 1.54) is 6.07 Å². The first-order valence-corrected chi connectivity index (χ1v) is 9.55. The molecule has 0 aliphatic heterocycles. The van der Waals surface area contributed by atoms with Crippen LogP contribution in [0.5, 0.6) is 0 Å². The molecule has 0 fully saturated rings. The van der Waals surface area contributed by atoms with Crippen molar-refractivity contribution in [1.82, 2.24) is 19.7 Å². The second-order valence-corrected chi connectivity index (χ2v) is 7.10. The molecular formula is C17H12F6N4O2S. The van der Waals surface area contributed by atoms with E-state index < -0.39 is 40.1 Å². The lowest BCUT2D eigenvalue weighted by Crippen LogP contribution is -2.11. The second kappa shape index (κ2) is 8.05. The Morgan fingerprint density at radius 1 is 0.933 bits per heavy atom. The van der Waals surface area contributed by atoms with Crippen LogP contribution >= 0.6 is 0 Å². The number of hydrogen-bond donors (Lipinski definition) is 1. The largest absolute Gasteiger partial charge is 0.433 e. The molecule has 2 aromatic heterocycles. The topological polar surface area (TPSA) is 77.7 Å². The van der Waals surface area contributed by atoms with Crippen LogP contribution in [0, 0.1) is 0 Å². The van der Waals surface area contributed by atoms with Crippen LogP contribution in [0.3, 0.4) is 0 Å². The molecule has 3 aromatic rings. The van der Waals surface area contributed by atoms with Gasteiger partial charge in [-0.3, -0.25) is 4.98 Å². The van der Waals surface area contributed by atoms with E-state index in [1.54, 1.807) is 0 Å². The molecule has 6 nitrogen and oxygen atoms in total. The number of pyridine rings is 1. The highest BCUT2D eigenvalue weighted by atomic mass is 32.2. The number of alkyl halides is 6. The highest BCUT2D eigenvalue weighted by molar-refractivity contribution is 7.71. The molecule has 0 bridgehead atoms. The maximum atomic E-state index is 12.8. The van der Waals surface area contributed by atoms with Gasteiger partial charge in [0.2, 0.25) is 0 Å². The molecule has 2 heterocycles. The van der Waals surface area contributed by atoms with Gasteiger partial charge in [-0.1, -0.05) is 12.1 Å². The monoisotopic (exact) mass is 450 g/mol. The van der Waals surface area contributed by atoms with Gasteiger partial charge < -0.3 is 0 Å². The van der Waals surface area contributed by atoms with Crippen LogP contribution in [0.1, 0.15) is 22.6 Å². The summed E-state index contributed by atoms with van der Waals surface area (Å²) in [6.07, 6.45) is -8.24. The van der Waals surface area contributed by atoms with Crippen molar-refractivity contribution in [2.45, 2.75) is 24.7 Å². The third-order valence-electron chi connectivity index (χ3n) is 3.94. The van der Waals surface area contributed by atoms with Crippen LogP contribution < -0.4 is 0 Å². The molecule has 0 N–H and O–H groups in total. The van der Waals surface area contributed by atoms with Gasteiger partial charge in [0.1, 0.15) is 28.0 Å². The summed E-state index contributed by atoms with van der Waals surface area (Å²) in [6.45, 7) is -0.238. The molecule has 13 heteroatoms. The van der Waals surface area contributed by atoms with E-state index in [1.807, 2.05) is 0 Å². The average Bonchev–Trinajstić information content (AvgIpc) is 3.02. The number of rotatable bonds is 5. The Morgan fingerprint density at radius 3 is 2.17 bits per heavy atom. The van der Waals surface area contributed by atoms with Crippen LogP contribution in [-0.2, 0) is 35.4 Å². The number of halogens is 6. The first-order valence-electron chi connectivity index (χ1n) is 8.19. The van der Waals surface area contributed by atoms with Gasteiger partial charge in [-0.25, -0.2) is 18.1 Å². The van der Waals surface area contributed by atoms with Gasteiger partial charge in [-0.15, -0.1) is 0 Å². The van der Waals surface area contributed by atoms with E-state index in [0.717, 1.165) is 41.2 Å². The third-order valence-corrected chi connectivity index (χ3v) is 4.48. The number of thiol groups is 1. The first kappa shape index (κ1) is 21.7. The Hall–Kier alpha value is -2.96. The van der Waals surface area contributed by atoms with E-state index in [4.69, 9.17) is 0 Å². The van der Waals surface area contributed by atoms with Crippen LogP contribution in [-0.4, -0.2) is 28.2 Å². The summed E-state index contributed by atoms with van der Waals surface area (Å²) in [4.78, 5) is 7.27. The molecule has 0 amide bonds. The second-order valence-electron chi connectivity index (χ2n) is 6.12. The maximum Gasteiger partial charge on any atom is 0.433 e. The quantitative estimate of drug-likeness (QED) is 0.475. The minimum absolute atomic E-state index is 0.0549. The summed E-state index contributed by atoms with van der Waals surface area (Å²) in [5.74, 6) is -0.660. The summed E-state index contributed by atoms with van der Waals surface area (Å²) in [5.41, 5.74) is -1.68. The van der Waals surface area contributed by atoms with Crippen molar-refractivity contribution in [3.05, 3.63) is 65.2 Å². The van der Waals surface area contributed by atoms with E-state index in [0.29, 0.717) is 0 Å². The number of benzene rings is 1. The van der Waals surface area contributed by atoms with Crippen LogP contribution in [0.4, 0.5) is 26.3 Å². The van der Waals surface area contributed by atoms with E-state index in [-0.39, 0.29) is 29.3 Å². The molecule has 0 spiro atoms. The number of aromatic nitrogens is 4. The zero-order valence-electron chi connectivity index (χ0n) is 14.8. The van der Waals surface area contributed by atoms with Crippen molar-refractivity contribution in [2.75, 3.05) is 0 Å². The van der Waals surface area contributed by atoms with Gasteiger partial charge in [0, 0.05) is 11.8 Å². The van der Waals surface area contributed by atoms with Crippen molar-refractivity contribution in [2.24, 2.45) is 0 Å². The normalized spacial score (nSPS) is 12.5. The summed E-state index contributed by atoms with van der Waals surface area (Å²) in [5, 5.41) is 4.07. The number of hydrogen-bond acceptors (Lipinski definition) is 5. The van der Waals surface area contributed by atoms with E-state index >= 15 is 0 Å². The molecule has 160 valence electrons. The predicted molar refractivity (Wildman–Crippen MR) is 92.8 cm³/mol. The average molecular weight is 450 g/mol. The smallest absolute Gasteiger partial charge is 0.252 e. The molecule has 0 unspecified atom stereocenters. The van der Waals surface area contributed by atoms with Crippen LogP contribution in [0.25, 0.3) is 11.4 Å². The lowest BCUT2D eigenvalue weighted by Gasteiger charge is -2.08. The van der Waals surface area contributed by atoms with Crippen molar-refractivity contribution in [3.63, 3.8) is 0 Å².